The molecule has 90 valence electrons. The second kappa shape index (κ2) is 6.70. The first-order chi connectivity index (χ1) is 6.84. The highest BCUT2D eigenvalue weighted by Crippen LogP contribution is 2.11. The lowest BCUT2D eigenvalue weighted by molar-refractivity contribution is 0.433. The van der Waals surface area contributed by atoms with Crippen LogP contribution in [0.2, 0.25) is 0 Å². The van der Waals surface area contributed by atoms with Crippen molar-refractivity contribution in [2.75, 3.05) is 34.7 Å². The first kappa shape index (κ1) is 14.3. The van der Waals surface area contributed by atoms with Crippen LogP contribution in [0.3, 0.4) is 0 Å². The van der Waals surface area contributed by atoms with Crippen molar-refractivity contribution < 1.29 is 0 Å². The molecule has 0 bridgehead atoms. The molecule has 0 aromatic rings. The Morgan fingerprint density at radius 2 is 1.47 bits per heavy atom. The van der Waals surface area contributed by atoms with E-state index in [1.54, 1.807) is 0 Å². The van der Waals surface area contributed by atoms with Gasteiger partial charge in [0.15, 0.2) is 5.96 Å². The Morgan fingerprint density at radius 1 is 1.00 bits per heavy atom. The maximum Gasteiger partial charge on any atom is 0.195 e. The molecule has 0 unspecified atom stereocenters. The summed E-state index contributed by atoms with van der Waals surface area (Å²) in [5, 5.41) is 0. The molecule has 0 saturated heterocycles. The van der Waals surface area contributed by atoms with Crippen LogP contribution >= 0.6 is 0 Å². The Hall–Kier alpha value is -0.730. The van der Waals surface area contributed by atoms with E-state index in [4.69, 9.17) is 0 Å². The molecule has 0 rings (SSSR count). The fourth-order valence-electron chi connectivity index (χ4n) is 1.80. The van der Waals surface area contributed by atoms with Crippen molar-refractivity contribution in [3.8, 4) is 0 Å². The van der Waals surface area contributed by atoms with Crippen molar-refractivity contribution >= 4 is 5.96 Å². The molecule has 3 nitrogen and oxygen atoms in total. The number of rotatable bonds is 4. The van der Waals surface area contributed by atoms with E-state index >= 15 is 0 Å². The third-order valence-corrected chi connectivity index (χ3v) is 2.22. The minimum atomic E-state index is 0.667. The fraction of sp³-hybridized carbons (Fsp3) is 0.917. The Kier molecular flexibility index (Phi) is 6.37. The molecule has 0 saturated carbocycles. The van der Waals surface area contributed by atoms with Gasteiger partial charge in [0.25, 0.3) is 0 Å². The van der Waals surface area contributed by atoms with Gasteiger partial charge in [-0.15, -0.1) is 0 Å². The first-order valence-corrected chi connectivity index (χ1v) is 5.73. The average Bonchev–Trinajstić information content (AvgIpc) is 2.00. The molecule has 0 amide bonds. The zero-order valence-electron chi connectivity index (χ0n) is 11.4. The first-order valence-electron chi connectivity index (χ1n) is 5.73. The van der Waals surface area contributed by atoms with Crippen molar-refractivity contribution in [3.63, 3.8) is 0 Å². The molecular formula is C12H27N3. The van der Waals surface area contributed by atoms with Gasteiger partial charge in [-0.3, -0.25) is 4.99 Å². The summed E-state index contributed by atoms with van der Waals surface area (Å²) in [6.07, 6.45) is 1.25. The number of hydrogen-bond donors (Lipinski definition) is 0. The van der Waals surface area contributed by atoms with Crippen LogP contribution in [-0.2, 0) is 0 Å². The molecule has 3 heteroatoms. The van der Waals surface area contributed by atoms with Gasteiger partial charge in [0.2, 0.25) is 0 Å². The molecule has 0 aliphatic heterocycles. The minimum Gasteiger partial charge on any atom is -0.349 e. The standard InChI is InChI=1S/C12H27N3/c1-10(2)8-11(3)9-13-12(14(4)5)15(6)7/h10-11H,8-9H2,1-7H3/t11-/m0/s1. The highest BCUT2D eigenvalue weighted by molar-refractivity contribution is 5.79. The summed E-state index contributed by atoms with van der Waals surface area (Å²) >= 11 is 0. The van der Waals surface area contributed by atoms with Crippen LogP contribution in [0.4, 0.5) is 0 Å². The van der Waals surface area contributed by atoms with Crippen molar-refractivity contribution in [1.82, 2.24) is 9.80 Å². The van der Waals surface area contributed by atoms with E-state index < -0.39 is 0 Å². The van der Waals surface area contributed by atoms with Gasteiger partial charge in [-0.25, -0.2) is 0 Å². The monoisotopic (exact) mass is 213 g/mol. The van der Waals surface area contributed by atoms with E-state index in [-0.39, 0.29) is 0 Å². The van der Waals surface area contributed by atoms with E-state index in [0.29, 0.717) is 5.92 Å². The van der Waals surface area contributed by atoms with Crippen LogP contribution in [0.5, 0.6) is 0 Å². The molecule has 0 aromatic heterocycles. The van der Waals surface area contributed by atoms with Gasteiger partial charge in [-0.1, -0.05) is 20.8 Å². The van der Waals surface area contributed by atoms with Gasteiger partial charge < -0.3 is 9.80 Å². The third-order valence-electron chi connectivity index (χ3n) is 2.22. The number of hydrogen-bond acceptors (Lipinski definition) is 1. The maximum atomic E-state index is 4.64. The third kappa shape index (κ3) is 6.37. The largest absolute Gasteiger partial charge is 0.349 e. The van der Waals surface area contributed by atoms with Gasteiger partial charge in [0.05, 0.1) is 0 Å². The lowest BCUT2D eigenvalue weighted by Gasteiger charge is -2.23. The Bertz CT molecular complexity index is 185. The van der Waals surface area contributed by atoms with Gasteiger partial charge in [0.1, 0.15) is 0 Å². The maximum absolute atomic E-state index is 4.64. The quantitative estimate of drug-likeness (QED) is 0.526. The topological polar surface area (TPSA) is 18.8 Å². The number of nitrogens with zero attached hydrogens (tertiary/aromatic N) is 3. The van der Waals surface area contributed by atoms with Crippen LogP contribution in [0, 0.1) is 11.8 Å². The molecule has 0 radical (unpaired) electrons. The van der Waals surface area contributed by atoms with Crippen molar-refractivity contribution in [2.45, 2.75) is 27.2 Å². The van der Waals surface area contributed by atoms with E-state index in [0.717, 1.165) is 18.4 Å². The summed E-state index contributed by atoms with van der Waals surface area (Å²) in [4.78, 5) is 8.76. The highest BCUT2D eigenvalue weighted by atomic mass is 15.3. The summed E-state index contributed by atoms with van der Waals surface area (Å²) in [6.45, 7) is 7.72. The second-order valence-electron chi connectivity index (χ2n) is 5.16. The number of aliphatic imine (C=N–C) groups is 1. The van der Waals surface area contributed by atoms with E-state index in [1.807, 2.05) is 28.2 Å². The van der Waals surface area contributed by atoms with Crippen LogP contribution in [-0.4, -0.2) is 50.5 Å². The van der Waals surface area contributed by atoms with Crippen LogP contribution in [0.1, 0.15) is 27.2 Å². The minimum absolute atomic E-state index is 0.667. The van der Waals surface area contributed by atoms with Gasteiger partial charge in [-0.2, -0.15) is 0 Å². The summed E-state index contributed by atoms with van der Waals surface area (Å²) in [6, 6.07) is 0. The predicted octanol–water partition coefficient (Wildman–Crippen LogP) is 2.15. The smallest absolute Gasteiger partial charge is 0.195 e. The van der Waals surface area contributed by atoms with Crippen LogP contribution in [0.25, 0.3) is 0 Å². The van der Waals surface area contributed by atoms with Crippen LogP contribution in [0.15, 0.2) is 4.99 Å². The Labute approximate surface area is 95.2 Å². The average molecular weight is 213 g/mol. The summed E-state index contributed by atoms with van der Waals surface area (Å²) in [5.74, 6) is 2.47. The lowest BCUT2D eigenvalue weighted by Crippen LogP contribution is -2.35. The van der Waals surface area contributed by atoms with Gasteiger partial charge >= 0.3 is 0 Å². The molecule has 0 aliphatic carbocycles. The van der Waals surface area contributed by atoms with E-state index in [9.17, 15) is 0 Å². The zero-order chi connectivity index (χ0) is 12.0. The SMILES string of the molecule is CC(C)C[C@H](C)CN=C(N(C)C)N(C)C. The molecule has 0 aliphatic rings. The molecule has 0 aromatic carbocycles. The van der Waals surface area contributed by atoms with E-state index in [2.05, 4.69) is 35.6 Å². The molecule has 1 atom stereocenters. The lowest BCUT2D eigenvalue weighted by atomic mass is 9.99. The van der Waals surface area contributed by atoms with Crippen LogP contribution < -0.4 is 0 Å². The predicted molar refractivity (Wildman–Crippen MR) is 68.3 cm³/mol. The van der Waals surface area contributed by atoms with Crippen molar-refractivity contribution in [3.05, 3.63) is 0 Å². The molecule has 0 spiro atoms. The van der Waals surface area contributed by atoms with Gasteiger partial charge in [0, 0.05) is 34.7 Å². The zero-order valence-corrected chi connectivity index (χ0v) is 11.4. The summed E-state index contributed by atoms with van der Waals surface area (Å²) in [7, 11) is 8.13. The Balaban J connectivity index is 4.21. The number of guanidine groups is 1. The molecular weight excluding hydrogens is 186 g/mol. The summed E-state index contributed by atoms with van der Waals surface area (Å²) in [5.41, 5.74) is 0. The molecule has 15 heavy (non-hydrogen) atoms. The summed E-state index contributed by atoms with van der Waals surface area (Å²) < 4.78 is 0. The molecule has 0 fully saturated rings. The van der Waals surface area contributed by atoms with E-state index in [1.165, 1.54) is 6.42 Å². The normalized spacial score (nSPS) is 12.5. The van der Waals surface area contributed by atoms with Gasteiger partial charge in [-0.05, 0) is 18.3 Å². The Morgan fingerprint density at radius 3 is 1.80 bits per heavy atom. The molecule has 0 heterocycles. The van der Waals surface area contributed by atoms with Crippen molar-refractivity contribution in [2.24, 2.45) is 16.8 Å². The van der Waals surface area contributed by atoms with Crippen molar-refractivity contribution in [1.29, 1.82) is 0 Å². The highest BCUT2D eigenvalue weighted by Gasteiger charge is 2.07. The second-order valence-corrected chi connectivity index (χ2v) is 5.16. The molecule has 0 N–H and O–H groups in total. The fourth-order valence-corrected chi connectivity index (χ4v) is 1.80.